The summed E-state index contributed by atoms with van der Waals surface area (Å²) in [5, 5.41) is 4.66. The van der Waals surface area contributed by atoms with Crippen molar-refractivity contribution in [1.82, 2.24) is 0 Å². The lowest BCUT2D eigenvalue weighted by atomic mass is 9.99. The van der Waals surface area contributed by atoms with Crippen molar-refractivity contribution in [2.24, 2.45) is 0 Å². The minimum atomic E-state index is -3.64. The van der Waals surface area contributed by atoms with Gasteiger partial charge in [-0.05, 0) is 49.2 Å². The Morgan fingerprint density at radius 1 is 0.867 bits per heavy atom. The highest BCUT2D eigenvalue weighted by atomic mass is 32.2. The van der Waals surface area contributed by atoms with Crippen LogP contribution >= 0.6 is 11.3 Å². The number of thiophene rings is 1. The van der Waals surface area contributed by atoms with E-state index in [0.29, 0.717) is 11.4 Å². The largest absolute Gasteiger partial charge is 0.264 e. The van der Waals surface area contributed by atoms with Gasteiger partial charge in [0, 0.05) is 30.9 Å². The first-order chi connectivity index (χ1) is 14.4. The van der Waals surface area contributed by atoms with Gasteiger partial charge in [-0.1, -0.05) is 48.0 Å². The summed E-state index contributed by atoms with van der Waals surface area (Å²) in [5.74, 6) is 0. The number of nitrogens with zero attached hydrogens (tertiary/aromatic N) is 1. The number of benzene rings is 4. The molecule has 3 nitrogen and oxygen atoms in total. The number of anilines is 1. The van der Waals surface area contributed by atoms with E-state index in [0.717, 1.165) is 33.2 Å². The van der Waals surface area contributed by atoms with Crippen LogP contribution in [-0.2, 0) is 16.6 Å². The first-order valence-electron chi connectivity index (χ1n) is 9.91. The summed E-state index contributed by atoms with van der Waals surface area (Å²) in [6.07, 6.45) is 0. The van der Waals surface area contributed by atoms with Crippen molar-refractivity contribution in [3.8, 4) is 0 Å². The van der Waals surface area contributed by atoms with Crippen molar-refractivity contribution in [3.63, 3.8) is 0 Å². The van der Waals surface area contributed by atoms with Crippen molar-refractivity contribution < 1.29 is 8.42 Å². The summed E-state index contributed by atoms with van der Waals surface area (Å²) in [4.78, 5) is 0.338. The molecule has 0 fully saturated rings. The fraction of sp³-hybridized carbons (Fsp3) is 0.120. The summed E-state index contributed by atoms with van der Waals surface area (Å²) in [5.41, 5.74) is 3.93. The first-order valence-corrected chi connectivity index (χ1v) is 12.2. The Bertz CT molecular complexity index is 1600. The number of aryl methyl sites for hydroxylation is 2. The SMILES string of the molecule is Cc1ccc(S(=O)(=O)N2Cc3cc4c5ccccc5sc4c4ccc(C)c2c34)cc1. The summed E-state index contributed by atoms with van der Waals surface area (Å²) >= 11 is 1.78. The topological polar surface area (TPSA) is 37.4 Å². The maximum Gasteiger partial charge on any atom is 0.264 e. The molecule has 1 aliphatic rings. The van der Waals surface area contributed by atoms with Crippen molar-refractivity contribution in [3.05, 3.63) is 83.4 Å². The summed E-state index contributed by atoms with van der Waals surface area (Å²) in [7, 11) is -3.64. The second kappa shape index (κ2) is 6.06. The minimum absolute atomic E-state index is 0.338. The van der Waals surface area contributed by atoms with E-state index >= 15 is 0 Å². The molecule has 5 heteroatoms. The molecule has 0 amide bonds. The van der Waals surface area contributed by atoms with Gasteiger partial charge in [-0.2, -0.15) is 0 Å². The third-order valence-electron chi connectivity index (χ3n) is 6.07. The second-order valence-electron chi connectivity index (χ2n) is 7.99. The quantitative estimate of drug-likeness (QED) is 0.320. The van der Waals surface area contributed by atoms with E-state index in [4.69, 9.17) is 0 Å². The maximum absolute atomic E-state index is 13.6. The molecule has 0 radical (unpaired) electrons. The Morgan fingerprint density at radius 3 is 2.43 bits per heavy atom. The highest BCUT2D eigenvalue weighted by Gasteiger charge is 2.34. The number of rotatable bonds is 2. The molecule has 0 atom stereocenters. The van der Waals surface area contributed by atoms with E-state index in [1.165, 1.54) is 20.2 Å². The minimum Gasteiger partial charge on any atom is -0.261 e. The van der Waals surface area contributed by atoms with Gasteiger partial charge in [-0.3, -0.25) is 4.31 Å². The molecule has 0 N–H and O–H groups in total. The Morgan fingerprint density at radius 2 is 1.63 bits per heavy atom. The molecule has 2 heterocycles. The first kappa shape index (κ1) is 17.9. The van der Waals surface area contributed by atoms with E-state index in [-0.39, 0.29) is 0 Å². The van der Waals surface area contributed by atoms with Crippen molar-refractivity contribution in [2.75, 3.05) is 4.31 Å². The number of hydrogen-bond donors (Lipinski definition) is 0. The molecule has 1 aromatic heterocycles. The fourth-order valence-corrected chi connectivity index (χ4v) is 7.32. The van der Waals surface area contributed by atoms with Gasteiger partial charge in [0.25, 0.3) is 10.0 Å². The number of sulfonamides is 1. The zero-order valence-electron chi connectivity index (χ0n) is 16.6. The molecule has 0 saturated heterocycles. The highest BCUT2D eigenvalue weighted by Crippen LogP contribution is 2.48. The predicted octanol–water partition coefficient (Wildman–Crippen LogP) is 6.53. The van der Waals surface area contributed by atoms with Crippen LogP contribution in [0.1, 0.15) is 16.7 Å². The third kappa shape index (κ3) is 2.33. The van der Waals surface area contributed by atoms with Crippen LogP contribution in [0.4, 0.5) is 5.69 Å². The van der Waals surface area contributed by atoms with Crippen LogP contribution in [0.3, 0.4) is 0 Å². The average molecular weight is 430 g/mol. The van der Waals surface area contributed by atoms with E-state index in [9.17, 15) is 8.42 Å². The molecular formula is C25H19NO2S2. The zero-order chi connectivity index (χ0) is 20.6. The second-order valence-corrected chi connectivity index (χ2v) is 10.9. The van der Waals surface area contributed by atoms with Gasteiger partial charge < -0.3 is 0 Å². The maximum atomic E-state index is 13.6. The Hall–Kier alpha value is -2.89. The highest BCUT2D eigenvalue weighted by molar-refractivity contribution is 7.92. The molecule has 0 unspecified atom stereocenters. The number of fused-ring (bicyclic) bond motifs is 4. The molecule has 148 valence electrons. The predicted molar refractivity (Wildman–Crippen MR) is 126 cm³/mol. The van der Waals surface area contributed by atoms with Crippen molar-refractivity contribution in [2.45, 2.75) is 25.3 Å². The molecule has 6 rings (SSSR count). The van der Waals surface area contributed by atoms with E-state index < -0.39 is 10.0 Å². The molecular weight excluding hydrogens is 410 g/mol. The Balaban J connectivity index is 1.65. The number of hydrogen-bond acceptors (Lipinski definition) is 3. The normalized spacial score (nSPS) is 13.7. The third-order valence-corrected chi connectivity index (χ3v) is 9.05. The van der Waals surface area contributed by atoms with Crippen molar-refractivity contribution >= 4 is 58.0 Å². The van der Waals surface area contributed by atoms with Gasteiger partial charge in [-0.15, -0.1) is 11.3 Å². The van der Waals surface area contributed by atoms with Crippen LogP contribution in [0, 0.1) is 13.8 Å². The van der Waals surface area contributed by atoms with Crippen LogP contribution in [0.15, 0.2) is 71.6 Å². The van der Waals surface area contributed by atoms with Crippen LogP contribution in [0.25, 0.3) is 30.9 Å². The monoisotopic (exact) mass is 429 g/mol. The molecule has 30 heavy (non-hydrogen) atoms. The van der Waals surface area contributed by atoms with Gasteiger partial charge in [0.1, 0.15) is 0 Å². The van der Waals surface area contributed by atoms with E-state index in [2.05, 4.69) is 36.4 Å². The fourth-order valence-electron chi connectivity index (χ4n) is 4.59. The summed E-state index contributed by atoms with van der Waals surface area (Å²) in [6, 6.07) is 21.9. The Kier molecular flexibility index (Phi) is 3.62. The van der Waals surface area contributed by atoms with Crippen LogP contribution in [-0.4, -0.2) is 8.42 Å². The molecule has 1 aliphatic heterocycles. The lowest BCUT2D eigenvalue weighted by molar-refractivity contribution is 0.591. The van der Waals surface area contributed by atoms with Gasteiger partial charge >= 0.3 is 0 Å². The van der Waals surface area contributed by atoms with Gasteiger partial charge in [0.2, 0.25) is 0 Å². The molecule has 0 aliphatic carbocycles. The van der Waals surface area contributed by atoms with Crippen LogP contribution in [0.5, 0.6) is 0 Å². The van der Waals surface area contributed by atoms with Gasteiger partial charge in [-0.25, -0.2) is 8.42 Å². The van der Waals surface area contributed by atoms with Crippen LogP contribution in [0.2, 0.25) is 0 Å². The van der Waals surface area contributed by atoms with Gasteiger partial charge in [0.15, 0.2) is 0 Å². The smallest absolute Gasteiger partial charge is 0.261 e. The average Bonchev–Trinajstić information content (AvgIpc) is 3.31. The summed E-state index contributed by atoms with van der Waals surface area (Å²) < 4.78 is 31.2. The lowest BCUT2D eigenvalue weighted by Gasteiger charge is -2.21. The summed E-state index contributed by atoms with van der Waals surface area (Å²) in [6.45, 7) is 4.33. The van der Waals surface area contributed by atoms with Gasteiger partial charge in [0.05, 0.1) is 17.1 Å². The van der Waals surface area contributed by atoms with E-state index in [1.54, 1.807) is 27.8 Å². The molecule has 5 aromatic rings. The Labute approximate surface area is 179 Å². The lowest BCUT2D eigenvalue weighted by Crippen LogP contribution is -2.28. The molecule has 0 spiro atoms. The zero-order valence-corrected chi connectivity index (χ0v) is 18.3. The van der Waals surface area contributed by atoms with E-state index in [1.807, 2.05) is 32.0 Å². The van der Waals surface area contributed by atoms with Crippen LogP contribution < -0.4 is 4.31 Å². The molecule has 0 bridgehead atoms. The van der Waals surface area contributed by atoms with Crippen molar-refractivity contribution in [1.29, 1.82) is 0 Å². The molecule has 0 saturated carbocycles. The standard InChI is InChI=1S/C25H19NO2S2/c1-15-7-10-18(11-8-15)30(27,28)26-14-17-13-21-19-5-3-4-6-22(19)29-25(21)20-12-9-16(2)24(26)23(17)20/h3-13H,14H2,1-2H3. The molecule has 4 aromatic carbocycles.